The van der Waals surface area contributed by atoms with Gasteiger partial charge in [0.25, 0.3) is 0 Å². The summed E-state index contributed by atoms with van der Waals surface area (Å²) in [7, 11) is 1.54. The van der Waals surface area contributed by atoms with Gasteiger partial charge in [-0.25, -0.2) is 14.4 Å². The Balaban J connectivity index is 2.27. The molecule has 0 saturated heterocycles. The largest absolute Gasteiger partial charge is 0.384 e. The van der Waals surface area contributed by atoms with E-state index in [1.165, 1.54) is 25.3 Å². The van der Waals surface area contributed by atoms with E-state index in [4.69, 9.17) is 22.1 Å². The van der Waals surface area contributed by atoms with Crippen LogP contribution < -0.4 is 11.1 Å². The number of halogens is 2. The highest BCUT2D eigenvalue weighted by Gasteiger charge is 2.06. The first-order valence-electron chi connectivity index (χ1n) is 5.43. The zero-order valence-electron chi connectivity index (χ0n) is 10.2. The first-order chi connectivity index (χ1) is 9.08. The smallest absolute Gasteiger partial charge is 0.158 e. The third-order valence-corrected chi connectivity index (χ3v) is 2.57. The second-order valence-corrected chi connectivity index (χ2v) is 4.18. The van der Waals surface area contributed by atoms with Crippen molar-refractivity contribution in [3.63, 3.8) is 0 Å². The maximum Gasteiger partial charge on any atom is 0.158 e. The van der Waals surface area contributed by atoms with Crippen molar-refractivity contribution in [1.82, 2.24) is 9.97 Å². The molecule has 1 heterocycles. The van der Waals surface area contributed by atoms with E-state index in [0.29, 0.717) is 23.1 Å². The molecule has 0 unspecified atom stereocenters. The number of nitrogen functional groups attached to an aromatic ring is 1. The summed E-state index contributed by atoms with van der Waals surface area (Å²) in [6.45, 7) is 0.247. The highest BCUT2D eigenvalue weighted by molar-refractivity contribution is 6.33. The molecule has 0 atom stereocenters. The lowest BCUT2D eigenvalue weighted by Crippen LogP contribution is -2.04. The molecule has 1 aromatic heterocycles. The standard InChI is InChI=1S/C12H12ClFN4O/c1-19-6-12-17-10(15)5-11(18-12)16-9-3-2-7(14)4-8(9)13/h2-5H,6H2,1H3,(H3,15,16,17,18). The molecule has 0 radical (unpaired) electrons. The van der Waals surface area contributed by atoms with Crippen LogP contribution in [-0.2, 0) is 11.3 Å². The molecular formula is C12H12ClFN4O. The van der Waals surface area contributed by atoms with Gasteiger partial charge in [0.05, 0.1) is 10.7 Å². The molecule has 0 aliphatic carbocycles. The van der Waals surface area contributed by atoms with Crippen LogP contribution in [0.25, 0.3) is 0 Å². The quantitative estimate of drug-likeness (QED) is 0.902. The van der Waals surface area contributed by atoms with Gasteiger partial charge in [-0.3, -0.25) is 0 Å². The van der Waals surface area contributed by atoms with E-state index in [-0.39, 0.29) is 11.6 Å². The molecule has 0 spiro atoms. The summed E-state index contributed by atoms with van der Waals surface area (Å²) < 4.78 is 17.9. The summed E-state index contributed by atoms with van der Waals surface area (Å²) in [4.78, 5) is 8.21. The van der Waals surface area contributed by atoms with E-state index in [2.05, 4.69) is 15.3 Å². The van der Waals surface area contributed by atoms with E-state index in [9.17, 15) is 4.39 Å². The Labute approximate surface area is 114 Å². The molecule has 0 aliphatic heterocycles. The van der Waals surface area contributed by atoms with Crippen molar-refractivity contribution in [1.29, 1.82) is 0 Å². The fraction of sp³-hybridized carbons (Fsp3) is 0.167. The first-order valence-corrected chi connectivity index (χ1v) is 5.80. The van der Waals surface area contributed by atoms with Crippen molar-refractivity contribution in [3.05, 3.63) is 40.9 Å². The normalized spacial score (nSPS) is 10.5. The van der Waals surface area contributed by atoms with E-state index in [1.54, 1.807) is 6.07 Å². The number of methoxy groups -OCH3 is 1. The number of anilines is 3. The van der Waals surface area contributed by atoms with Crippen molar-refractivity contribution in [2.45, 2.75) is 6.61 Å². The van der Waals surface area contributed by atoms with Crippen LogP contribution in [-0.4, -0.2) is 17.1 Å². The van der Waals surface area contributed by atoms with E-state index >= 15 is 0 Å². The number of nitrogens with one attached hydrogen (secondary N) is 1. The van der Waals surface area contributed by atoms with Crippen LogP contribution in [0, 0.1) is 5.82 Å². The highest BCUT2D eigenvalue weighted by Crippen LogP contribution is 2.25. The summed E-state index contributed by atoms with van der Waals surface area (Å²) >= 11 is 5.92. The van der Waals surface area contributed by atoms with Gasteiger partial charge in [0.15, 0.2) is 5.82 Å². The van der Waals surface area contributed by atoms with Crippen LogP contribution >= 0.6 is 11.6 Å². The zero-order chi connectivity index (χ0) is 13.8. The van der Waals surface area contributed by atoms with Gasteiger partial charge >= 0.3 is 0 Å². The highest BCUT2D eigenvalue weighted by atomic mass is 35.5. The zero-order valence-corrected chi connectivity index (χ0v) is 10.9. The van der Waals surface area contributed by atoms with Crippen LogP contribution in [0.2, 0.25) is 5.02 Å². The lowest BCUT2D eigenvalue weighted by molar-refractivity contribution is 0.178. The summed E-state index contributed by atoms with van der Waals surface area (Å²) in [6.07, 6.45) is 0. The molecule has 7 heteroatoms. The van der Waals surface area contributed by atoms with Gasteiger partial charge in [-0.05, 0) is 18.2 Å². The Bertz CT molecular complexity index is 594. The molecular weight excluding hydrogens is 271 g/mol. The third kappa shape index (κ3) is 3.52. The Morgan fingerprint density at radius 3 is 2.84 bits per heavy atom. The first kappa shape index (κ1) is 13.5. The SMILES string of the molecule is COCc1nc(N)cc(Nc2ccc(F)cc2Cl)n1. The van der Waals surface area contributed by atoms with Gasteiger partial charge in [0, 0.05) is 13.2 Å². The van der Waals surface area contributed by atoms with Gasteiger partial charge in [0.1, 0.15) is 24.1 Å². The monoisotopic (exact) mass is 282 g/mol. The van der Waals surface area contributed by atoms with Gasteiger partial charge in [-0.1, -0.05) is 11.6 Å². The maximum absolute atomic E-state index is 12.9. The molecule has 0 bridgehead atoms. The minimum absolute atomic E-state index is 0.247. The lowest BCUT2D eigenvalue weighted by Gasteiger charge is -2.09. The van der Waals surface area contributed by atoms with E-state index in [0.717, 1.165) is 0 Å². The van der Waals surface area contributed by atoms with Crippen LogP contribution in [0.5, 0.6) is 0 Å². The van der Waals surface area contributed by atoms with Crippen LogP contribution in [0.4, 0.5) is 21.7 Å². The topological polar surface area (TPSA) is 73.1 Å². The number of aromatic nitrogens is 2. The molecule has 5 nitrogen and oxygen atoms in total. The average molecular weight is 283 g/mol. The van der Waals surface area contributed by atoms with Gasteiger partial charge in [0.2, 0.25) is 0 Å². The lowest BCUT2D eigenvalue weighted by atomic mass is 10.3. The summed E-state index contributed by atoms with van der Waals surface area (Å²) in [5, 5.41) is 3.21. The van der Waals surface area contributed by atoms with Crippen molar-refractivity contribution in [2.24, 2.45) is 0 Å². The molecule has 0 aliphatic rings. The van der Waals surface area contributed by atoms with Crippen LogP contribution in [0.3, 0.4) is 0 Å². The summed E-state index contributed by atoms with van der Waals surface area (Å²) in [6, 6.07) is 5.59. The Morgan fingerprint density at radius 1 is 1.37 bits per heavy atom. The fourth-order valence-electron chi connectivity index (χ4n) is 1.50. The molecule has 2 aromatic rings. The molecule has 19 heavy (non-hydrogen) atoms. The molecule has 3 N–H and O–H groups in total. The molecule has 0 amide bonds. The van der Waals surface area contributed by atoms with Crippen LogP contribution in [0.15, 0.2) is 24.3 Å². The summed E-state index contributed by atoms with van der Waals surface area (Å²) in [5.74, 6) is 0.817. The fourth-order valence-corrected chi connectivity index (χ4v) is 1.72. The van der Waals surface area contributed by atoms with Crippen LogP contribution in [0.1, 0.15) is 5.82 Å². The van der Waals surface area contributed by atoms with E-state index < -0.39 is 5.82 Å². The Hall–Kier alpha value is -1.92. The van der Waals surface area contributed by atoms with Gasteiger partial charge in [-0.15, -0.1) is 0 Å². The molecule has 1 aromatic carbocycles. The molecule has 0 saturated carbocycles. The van der Waals surface area contributed by atoms with Gasteiger partial charge in [-0.2, -0.15) is 0 Å². The molecule has 0 fully saturated rings. The number of hydrogen-bond donors (Lipinski definition) is 2. The predicted molar refractivity (Wildman–Crippen MR) is 71.9 cm³/mol. The number of nitrogens with two attached hydrogens (primary N) is 1. The Morgan fingerprint density at radius 2 is 2.16 bits per heavy atom. The molecule has 2 rings (SSSR count). The average Bonchev–Trinajstić information content (AvgIpc) is 2.32. The number of ether oxygens (including phenoxy) is 1. The predicted octanol–water partition coefficient (Wildman–Crippen LogP) is 2.74. The summed E-state index contributed by atoms with van der Waals surface area (Å²) in [5.41, 5.74) is 6.20. The number of rotatable bonds is 4. The second-order valence-electron chi connectivity index (χ2n) is 3.78. The Kier molecular flexibility index (Phi) is 4.13. The third-order valence-electron chi connectivity index (χ3n) is 2.26. The minimum atomic E-state index is -0.405. The number of nitrogens with zero attached hydrogens (tertiary/aromatic N) is 2. The number of hydrogen-bond acceptors (Lipinski definition) is 5. The van der Waals surface area contributed by atoms with Crippen molar-refractivity contribution in [2.75, 3.05) is 18.2 Å². The van der Waals surface area contributed by atoms with Gasteiger partial charge < -0.3 is 15.8 Å². The second kappa shape index (κ2) is 5.81. The van der Waals surface area contributed by atoms with E-state index in [1.807, 2.05) is 0 Å². The van der Waals surface area contributed by atoms with Crippen molar-refractivity contribution in [3.8, 4) is 0 Å². The molecule has 100 valence electrons. The van der Waals surface area contributed by atoms with Crippen molar-refractivity contribution >= 4 is 28.9 Å². The maximum atomic E-state index is 12.9. The van der Waals surface area contributed by atoms with Crippen molar-refractivity contribution < 1.29 is 9.13 Å². The minimum Gasteiger partial charge on any atom is -0.384 e. The number of benzene rings is 1.